The van der Waals surface area contributed by atoms with Crippen LogP contribution in [-0.4, -0.2) is 34.5 Å². The Morgan fingerprint density at radius 1 is 1.36 bits per heavy atom. The van der Waals surface area contributed by atoms with Gasteiger partial charge in [-0.25, -0.2) is 4.98 Å². The molecular weight excluding hydrogens is 398 g/mol. The van der Waals surface area contributed by atoms with E-state index in [9.17, 15) is 10.2 Å². The van der Waals surface area contributed by atoms with Crippen LogP contribution in [0, 0.1) is 24.7 Å². The zero-order valence-corrected chi connectivity index (χ0v) is 17.5. The third-order valence-electron chi connectivity index (χ3n) is 6.05. The summed E-state index contributed by atoms with van der Waals surface area (Å²) in [5, 5.41) is 23.4. The van der Waals surface area contributed by atoms with Crippen molar-refractivity contribution in [3.63, 3.8) is 0 Å². The molecule has 0 unspecified atom stereocenters. The van der Waals surface area contributed by atoms with E-state index in [2.05, 4.69) is 4.98 Å². The fourth-order valence-electron chi connectivity index (χ4n) is 4.48. The van der Waals surface area contributed by atoms with E-state index in [4.69, 9.17) is 21.1 Å². The lowest BCUT2D eigenvalue weighted by molar-refractivity contribution is 0.0333. The zero-order chi connectivity index (χ0) is 19.7. The van der Waals surface area contributed by atoms with Gasteiger partial charge in [-0.15, -0.1) is 11.3 Å². The van der Waals surface area contributed by atoms with E-state index in [1.54, 1.807) is 11.3 Å². The molecule has 1 aliphatic heterocycles. The van der Waals surface area contributed by atoms with Crippen LogP contribution in [0.3, 0.4) is 0 Å². The Bertz CT molecular complexity index is 813. The van der Waals surface area contributed by atoms with Crippen molar-refractivity contribution in [2.75, 3.05) is 13.2 Å². The molecule has 2 heterocycles. The van der Waals surface area contributed by atoms with E-state index in [0.717, 1.165) is 40.6 Å². The third-order valence-corrected chi connectivity index (χ3v) is 7.46. The lowest BCUT2D eigenvalue weighted by atomic mass is 9.86. The first-order valence-electron chi connectivity index (χ1n) is 9.79. The van der Waals surface area contributed by atoms with Crippen molar-refractivity contribution in [2.24, 2.45) is 17.8 Å². The topological polar surface area (TPSA) is 71.8 Å². The average molecular weight is 424 g/mol. The van der Waals surface area contributed by atoms with Gasteiger partial charge in [0.05, 0.1) is 31.6 Å². The molecule has 2 aromatic rings. The van der Waals surface area contributed by atoms with E-state index in [1.807, 2.05) is 30.5 Å². The Balaban J connectivity index is 1.40. The Morgan fingerprint density at radius 2 is 2.21 bits per heavy atom. The highest BCUT2D eigenvalue weighted by atomic mass is 35.5. The minimum Gasteiger partial charge on any atom is -0.493 e. The van der Waals surface area contributed by atoms with Crippen LogP contribution in [0.2, 0.25) is 5.02 Å². The van der Waals surface area contributed by atoms with Gasteiger partial charge in [-0.3, -0.25) is 0 Å². The number of ether oxygens (including phenoxy) is 2. The van der Waals surface area contributed by atoms with E-state index >= 15 is 0 Å². The molecule has 2 fully saturated rings. The van der Waals surface area contributed by atoms with Crippen LogP contribution in [0.25, 0.3) is 0 Å². The molecule has 1 saturated carbocycles. The van der Waals surface area contributed by atoms with Gasteiger partial charge in [0.2, 0.25) is 0 Å². The molecular formula is C21H26ClNO4S. The zero-order valence-electron chi connectivity index (χ0n) is 15.9. The molecule has 5 atom stereocenters. The Morgan fingerprint density at radius 3 is 2.96 bits per heavy atom. The van der Waals surface area contributed by atoms with Crippen molar-refractivity contribution >= 4 is 22.9 Å². The van der Waals surface area contributed by atoms with E-state index in [-0.39, 0.29) is 24.7 Å². The summed E-state index contributed by atoms with van der Waals surface area (Å²) < 4.78 is 12.2. The SMILES string of the molecule is Cc1cc(OC[C@@H]2[C@H]3CC[C@H](c4nc(CO)cs4)OC[C@H]3C[C@H]2O)ccc1Cl. The molecule has 7 heteroatoms. The highest BCUT2D eigenvalue weighted by Gasteiger charge is 2.44. The second kappa shape index (κ2) is 8.67. The number of aryl methyl sites for hydroxylation is 1. The lowest BCUT2D eigenvalue weighted by Crippen LogP contribution is -2.27. The van der Waals surface area contributed by atoms with Crippen LogP contribution in [0.4, 0.5) is 0 Å². The number of hydrogen-bond donors (Lipinski definition) is 2. The lowest BCUT2D eigenvalue weighted by Gasteiger charge is -2.24. The summed E-state index contributed by atoms with van der Waals surface area (Å²) in [6, 6.07) is 5.66. The summed E-state index contributed by atoms with van der Waals surface area (Å²) in [6.45, 7) is 3.06. The molecule has 152 valence electrons. The molecule has 2 aliphatic rings. The van der Waals surface area contributed by atoms with Crippen molar-refractivity contribution in [1.82, 2.24) is 4.98 Å². The number of thiazole rings is 1. The number of aromatic nitrogens is 1. The van der Waals surface area contributed by atoms with E-state index < -0.39 is 0 Å². The number of nitrogens with zero attached hydrogens (tertiary/aromatic N) is 1. The minimum absolute atomic E-state index is 0.0199. The first kappa shape index (κ1) is 20.1. The van der Waals surface area contributed by atoms with Crippen molar-refractivity contribution < 1.29 is 19.7 Å². The van der Waals surface area contributed by atoms with Crippen LogP contribution in [-0.2, 0) is 11.3 Å². The van der Waals surface area contributed by atoms with Gasteiger partial charge in [0.25, 0.3) is 0 Å². The average Bonchev–Trinajstić information content (AvgIpc) is 3.22. The van der Waals surface area contributed by atoms with E-state index in [1.165, 1.54) is 0 Å². The van der Waals surface area contributed by atoms with Crippen LogP contribution in [0.5, 0.6) is 5.75 Å². The predicted molar refractivity (Wildman–Crippen MR) is 109 cm³/mol. The molecule has 0 bridgehead atoms. The van der Waals surface area contributed by atoms with Gasteiger partial charge in [-0.05, 0) is 61.8 Å². The van der Waals surface area contributed by atoms with Gasteiger partial charge in [0.1, 0.15) is 16.9 Å². The maximum Gasteiger partial charge on any atom is 0.122 e. The Hall–Kier alpha value is -1.18. The number of rotatable bonds is 5. The molecule has 5 nitrogen and oxygen atoms in total. The van der Waals surface area contributed by atoms with Gasteiger partial charge in [0, 0.05) is 16.3 Å². The Labute approximate surface area is 174 Å². The number of hydrogen-bond acceptors (Lipinski definition) is 6. The number of benzene rings is 1. The quantitative estimate of drug-likeness (QED) is 0.756. The second-order valence-electron chi connectivity index (χ2n) is 7.85. The molecule has 1 saturated heterocycles. The molecule has 28 heavy (non-hydrogen) atoms. The van der Waals surface area contributed by atoms with E-state index in [0.29, 0.717) is 30.7 Å². The van der Waals surface area contributed by atoms with Gasteiger partial charge in [-0.2, -0.15) is 0 Å². The first-order valence-corrected chi connectivity index (χ1v) is 11.0. The minimum atomic E-state index is -0.357. The fraction of sp³-hybridized carbons (Fsp3) is 0.571. The van der Waals surface area contributed by atoms with Crippen molar-refractivity contribution in [3.05, 3.63) is 44.9 Å². The molecule has 1 aliphatic carbocycles. The van der Waals surface area contributed by atoms with Gasteiger partial charge in [0.15, 0.2) is 0 Å². The number of aliphatic hydroxyl groups excluding tert-OH is 2. The normalized spacial score (nSPS) is 30.1. The summed E-state index contributed by atoms with van der Waals surface area (Å²) in [5.74, 6) is 1.62. The molecule has 4 rings (SSSR count). The number of fused-ring (bicyclic) bond motifs is 1. The molecule has 0 amide bonds. The smallest absolute Gasteiger partial charge is 0.122 e. The maximum absolute atomic E-state index is 10.6. The summed E-state index contributed by atoms with van der Waals surface area (Å²) >= 11 is 7.64. The molecule has 0 radical (unpaired) electrons. The molecule has 2 N–H and O–H groups in total. The standard InChI is InChI=1S/C21H26ClNO4S/c1-12-6-15(2-4-18(12)22)26-10-17-16-3-5-20(21-23-14(8-24)11-28-21)27-9-13(16)7-19(17)25/h2,4,6,11,13,16-17,19-20,24-25H,3,5,7-10H2,1H3/t13-,16+,17-,19-,20-/m1/s1. The molecule has 0 spiro atoms. The fourth-order valence-corrected chi connectivity index (χ4v) is 5.48. The largest absolute Gasteiger partial charge is 0.493 e. The van der Waals surface area contributed by atoms with Gasteiger partial charge >= 0.3 is 0 Å². The van der Waals surface area contributed by atoms with Crippen LogP contribution < -0.4 is 4.74 Å². The maximum atomic E-state index is 10.6. The Kier molecular flexibility index (Phi) is 6.23. The van der Waals surface area contributed by atoms with Gasteiger partial charge < -0.3 is 19.7 Å². The van der Waals surface area contributed by atoms with Crippen LogP contribution in [0.15, 0.2) is 23.6 Å². The predicted octanol–water partition coefficient (Wildman–Crippen LogP) is 4.14. The van der Waals surface area contributed by atoms with Crippen LogP contribution in [0.1, 0.15) is 41.6 Å². The van der Waals surface area contributed by atoms with Crippen LogP contribution >= 0.6 is 22.9 Å². The molecule has 1 aromatic heterocycles. The van der Waals surface area contributed by atoms with Crippen molar-refractivity contribution in [3.8, 4) is 5.75 Å². The highest BCUT2D eigenvalue weighted by molar-refractivity contribution is 7.09. The summed E-state index contributed by atoms with van der Waals surface area (Å²) in [5.41, 5.74) is 1.69. The summed E-state index contributed by atoms with van der Waals surface area (Å²) in [7, 11) is 0. The monoisotopic (exact) mass is 423 g/mol. The third kappa shape index (κ3) is 4.21. The summed E-state index contributed by atoms with van der Waals surface area (Å²) in [6.07, 6.45) is 2.24. The van der Waals surface area contributed by atoms with Crippen molar-refractivity contribution in [2.45, 2.75) is 45.0 Å². The second-order valence-corrected chi connectivity index (χ2v) is 9.14. The summed E-state index contributed by atoms with van der Waals surface area (Å²) in [4.78, 5) is 4.47. The first-order chi connectivity index (χ1) is 13.5. The molecule has 1 aromatic carbocycles. The van der Waals surface area contributed by atoms with Gasteiger partial charge in [-0.1, -0.05) is 11.6 Å². The number of aliphatic hydroxyl groups is 2. The van der Waals surface area contributed by atoms with Crippen molar-refractivity contribution in [1.29, 1.82) is 0 Å². The number of halogens is 1. The highest BCUT2D eigenvalue weighted by Crippen LogP contribution is 2.45.